The smallest absolute Gasteiger partial charge is 0.256 e. The Bertz CT molecular complexity index is 384. The normalized spacial score (nSPS) is 17.4. The highest BCUT2D eigenvalue weighted by atomic mass is 16.2. The van der Waals surface area contributed by atoms with Crippen LogP contribution < -0.4 is 5.73 Å². The van der Waals surface area contributed by atoms with Crippen molar-refractivity contribution in [1.29, 1.82) is 0 Å². The Morgan fingerprint density at radius 3 is 2.44 bits per heavy atom. The predicted octanol–water partition coefficient (Wildman–Crippen LogP) is 0.656. The van der Waals surface area contributed by atoms with Crippen molar-refractivity contribution in [3.05, 3.63) is 29.8 Å². The van der Waals surface area contributed by atoms with E-state index in [-0.39, 0.29) is 5.91 Å². The predicted molar refractivity (Wildman–Crippen MR) is 64.3 cm³/mol. The number of nitrogen functional groups attached to an aromatic ring is 1. The van der Waals surface area contributed by atoms with Crippen molar-refractivity contribution in [1.82, 2.24) is 9.80 Å². The molecule has 16 heavy (non-hydrogen) atoms. The molecule has 0 saturated carbocycles. The maximum Gasteiger partial charge on any atom is 0.256 e. The van der Waals surface area contributed by atoms with E-state index in [9.17, 15) is 4.79 Å². The van der Waals surface area contributed by atoms with Gasteiger partial charge in [-0.1, -0.05) is 12.1 Å². The summed E-state index contributed by atoms with van der Waals surface area (Å²) in [6.07, 6.45) is 0. The Hall–Kier alpha value is -1.55. The zero-order chi connectivity index (χ0) is 11.5. The summed E-state index contributed by atoms with van der Waals surface area (Å²) in [6.45, 7) is 3.42. The third-order valence-corrected chi connectivity index (χ3v) is 2.98. The number of hydrogen-bond donors (Lipinski definition) is 1. The quantitative estimate of drug-likeness (QED) is 0.706. The van der Waals surface area contributed by atoms with Crippen LogP contribution in [0.4, 0.5) is 5.69 Å². The minimum absolute atomic E-state index is 0.0474. The van der Waals surface area contributed by atoms with Crippen LogP contribution in [-0.2, 0) is 0 Å². The molecule has 0 bridgehead atoms. The highest BCUT2D eigenvalue weighted by molar-refractivity contribution is 5.99. The van der Waals surface area contributed by atoms with Gasteiger partial charge in [0, 0.05) is 31.9 Å². The van der Waals surface area contributed by atoms with E-state index in [4.69, 9.17) is 5.73 Å². The molecule has 1 aliphatic rings. The molecular weight excluding hydrogens is 202 g/mol. The average molecular weight is 219 g/mol. The van der Waals surface area contributed by atoms with E-state index < -0.39 is 0 Å². The van der Waals surface area contributed by atoms with Gasteiger partial charge in [-0.05, 0) is 19.2 Å². The largest absolute Gasteiger partial charge is 0.398 e. The van der Waals surface area contributed by atoms with Gasteiger partial charge in [0.15, 0.2) is 0 Å². The van der Waals surface area contributed by atoms with E-state index in [0.29, 0.717) is 11.3 Å². The number of para-hydroxylation sites is 1. The van der Waals surface area contributed by atoms with Gasteiger partial charge in [0.1, 0.15) is 0 Å². The van der Waals surface area contributed by atoms with Gasteiger partial charge < -0.3 is 15.5 Å². The maximum atomic E-state index is 12.2. The van der Waals surface area contributed by atoms with Gasteiger partial charge in [0.25, 0.3) is 5.91 Å². The highest BCUT2D eigenvalue weighted by Gasteiger charge is 2.21. The van der Waals surface area contributed by atoms with Crippen LogP contribution in [0.5, 0.6) is 0 Å². The molecule has 4 heteroatoms. The number of rotatable bonds is 1. The molecule has 0 aromatic heterocycles. The molecule has 86 valence electrons. The standard InChI is InChI=1S/C12H17N3O/c1-14-6-8-15(9-7-14)12(16)10-4-2-3-5-11(10)13/h2-5H,6-9,13H2,1H3. The van der Waals surface area contributed by atoms with Crippen LogP contribution in [0.25, 0.3) is 0 Å². The summed E-state index contributed by atoms with van der Waals surface area (Å²) in [5.41, 5.74) is 6.98. The molecule has 1 aromatic carbocycles. The van der Waals surface area contributed by atoms with Crippen LogP contribution in [0.1, 0.15) is 10.4 Å². The van der Waals surface area contributed by atoms with Crippen molar-refractivity contribution >= 4 is 11.6 Å². The number of nitrogens with two attached hydrogens (primary N) is 1. The fourth-order valence-corrected chi connectivity index (χ4v) is 1.87. The van der Waals surface area contributed by atoms with Crippen molar-refractivity contribution < 1.29 is 4.79 Å². The van der Waals surface area contributed by atoms with E-state index in [0.717, 1.165) is 26.2 Å². The number of benzene rings is 1. The lowest BCUT2D eigenvalue weighted by Crippen LogP contribution is -2.47. The van der Waals surface area contributed by atoms with Gasteiger partial charge in [0.2, 0.25) is 0 Å². The number of hydrogen-bond acceptors (Lipinski definition) is 3. The second-order valence-electron chi connectivity index (χ2n) is 4.18. The minimum atomic E-state index is 0.0474. The van der Waals surface area contributed by atoms with Gasteiger partial charge in [-0.25, -0.2) is 0 Å². The summed E-state index contributed by atoms with van der Waals surface area (Å²) >= 11 is 0. The number of nitrogens with zero attached hydrogens (tertiary/aromatic N) is 2. The Balaban J connectivity index is 2.11. The molecule has 1 aliphatic heterocycles. The molecule has 2 N–H and O–H groups in total. The number of anilines is 1. The first kappa shape index (κ1) is 11.0. The second kappa shape index (κ2) is 4.53. The van der Waals surface area contributed by atoms with Crippen molar-refractivity contribution in [3.8, 4) is 0 Å². The highest BCUT2D eigenvalue weighted by Crippen LogP contribution is 2.14. The molecule has 0 aliphatic carbocycles. The SMILES string of the molecule is CN1CCN(C(=O)c2ccccc2N)CC1. The molecule has 0 unspecified atom stereocenters. The average Bonchev–Trinajstić information content (AvgIpc) is 2.30. The lowest BCUT2D eigenvalue weighted by Gasteiger charge is -2.32. The topological polar surface area (TPSA) is 49.6 Å². The molecule has 0 spiro atoms. The van der Waals surface area contributed by atoms with Gasteiger partial charge in [-0.2, -0.15) is 0 Å². The van der Waals surface area contributed by atoms with Crippen LogP contribution in [0.2, 0.25) is 0 Å². The molecule has 4 nitrogen and oxygen atoms in total. The van der Waals surface area contributed by atoms with Crippen molar-refractivity contribution in [2.45, 2.75) is 0 Å². The number of carbonyl (C=O) groups is 1. The maximum absolute atomic E-state index is 12.2. The van der Waals surface area contributed by atoms with E-state index in [1.54, 1.807) is 12.1 Å². The van der Waals surface area contributed by atoms with Crippen molar-refractivity contribution in [2.24, 2.45) is 0 Å². The van der Waals surface area contributed by atoms with Crippen LogP contribution in [0.3, 0.4) is 0 Å². The third-order valence-electron chi connectivity index (χ3n) is 2.98. The lowest BCUT2D eigenvalue weighted by molar-refractivity contribution is 0.0665. The number of amides is 1. The summed E-state index contributed by atoms with van der Waals surface area (Å²) in [5.74, 6) is 0.0474. The number of carbonyl (C=O) groups excluding carboxylic acids is 1. The first-order valence-corrected chi connectivity index (χ1v) is 5.51. The van der Waals surface area contributed by atoms with E-state index in [1.165, 1.54) is 0 Å². The van der Waals surface area contributed by atoms with Crippen molar-refractivity contribution in [2.75, 3.05) is 39.0 Å². The molecule has 1 saturated heterocycles. The Morgan fingerprint density at radius 1 is 1.19 bits per heavy atom. The summed E-state index contributed by atoms with van der Waals surface area (Å²) in [5, 5.41) is 0. The molecule has 0 radical (unpaired) electrons. The van der Waals surface area contributed by atoms with E-state index in [2.05, 4.69) is 11.9 Å². The van der Waals surface area contributed by atoms with E-state index >= 15 is 0 Å². The number of likely N-dealkylation sites (N-methyl/N-ethyl adjacent to an activating group) is 1. The monoisotopic (exact) mass is 219 g/mol. The van der Waals surface area contributed by atoms with Gasteiger partial charge in [0.05, 0.1) is 5.56 Å². The fourth-order valence-electron chi connectivity index (χ4n) is 1.87. The second-order valence-corrected chi connectivity index (χ2v) is 4.18. The molecule has 1 aromatic rings. The van der Waals surface area contributed by atoms with Gasteiger partial charge >= 0.3 is 0 Å². The minimum Gasteiger partial charge on any atom is -0.398 e. The first-order chi connectivity index (χ1) is 7.68. The summed E-state index contributed by atoms with van der Waals surface area (Å²) in [6, 6.07) is 7.25. The molecular formula is C12H17N3O. The third kappa shape index (κ3) is 2.17. The zero-order valence-corrected chi connectivity index (χ0v) is 9.52. The van der Waals surface area contributed by atoms with Crippen LogP contribution in [0, 0.1) is 0 Å². The van der Waals surface area contributed by atoms with Gasteiger partial charge in [-0.3, -0.25) is 4.79 Å². The summed E-state index contributed by atoms with van der Waals surface area (Å²) < 4.78 is 0. The number of piperazine rings is 1. The van der Waals surface area contributed by atoms with Crippen LogP contribution in [-0.4, -0.2) is 48.9 Å². The van der Waals surface area contributed by atoms with Crippen LogP contribution in [0.15, 0.2) is 24.3 Å². The molecule has 1 heterocycles. The summed E-state index contributed by atoms with van der Waals surface area (Å²) in [7, 11) is 2.07. The summed E-state index contributed by atoms with van der Waals surface area (Å²) in [4.78, 5) is 16.2. The molecule has 1 fully saturated rings. The lowest BCUT2D eigenvalue weighted by atomic mass is 10.1. The Kier molecular flexibility index (Phi) is 3.10. The van der Waals surface area contributed by atoms with E-state index in [1.807, 2.05) is 17.0 Å². The molecule has 2 rings (SSSR count). The fraction of sp³-hybridized carbons (Fsp3) is 0.417. The molecule has 0 atom stereocenters. The first-order valence-electron chi connectivity index (χ1n) is 5.51. The van der Waals surface area contributed by atoms with Gasteiger partial charge in [-0.15, -0.1) is 0 Å². The zero-order valence-electron chi connectivity index (χ0n) is 9.52. The molecule has 1 amide bonds. The Morgan fingerprint density at radius 2 is 1.81 bits per heavy atom. The Labute approximate surface area is 95.6 Å². The van der Waals surface area contributed by atoms with Crippen molar-refractivity contribution in [3.63, 3.8) is 0 Å². The van der Waals surface area contributed by atoms with Crippen LogP contribution >= 0.6 is 0 Å².